The van der Waals surface area contributed by atoms with Gasteiger partial charge in [0.25, 0.3) is 0 Å². The first-order valence-electron chi connectivity index (χ1n) is 15.3. The van der Waals surface area contributed by atoms with Crippen LogP contribution in [0.25, 0.3) is 0 Å². The number of fused-ring (bicyclic) bond motifs is 5. The highest BCUT2D eigenvalue weighted by atomic mass is 35.5. The van der Waals surface area contributed by atoms with Crippen molar-refractivity contribution in [2.24, 2.45) is 46.3 Å². The minimum Gasteiger partial charge on any atom is -0.458 e. The number of allylic oxidation sites excluding steroid dienone is 1. The van der Waals surface area contributed by atoms with E-state index in [-0.39, 0.29) is 17.5 Å². The van der Waals surface area contributed by atoms with Crippen molar-refractivity contribution >= 4 is 17.6 Å². The third kappa shape index (κ3) is 5.18. The van der Waals surface area contributed by atoms with E-state index in [0.717, 1.165) is 54.8 Å². The van der Waals surface area contributed by atoms with E-state index in [9.17, 15) is 4.79 Å². The fourth-order valence-corrected chi connectivity index (χ4v) is 9.78. The molecule has 0 radical (unpaired) electrons. The van der Waals surface area contributed by atoms with Gasteiger partial charge in [0.1, 0.15) is 6.10 Å². The van der Waals surface area contributed by atoms with Gasteiger partial charge in [-0.25, -0.2) is 4.79 Å². The molecule has 3 heteroatoms. The van der Waals surface area contributed by atoms with Crippen LogP contribution in [0, 0.1) is 46.3 Å². The molecule has 1 aromatic rings. The van der Waals surface area contributed by atoms with E-state index >= 15 is 0 Å². The Hall–Kier alpha value is -1.28. The molecule has 3 fully saturated rings. The average Bonchev–Trinajstić information content (AvgIpc) is 3.21. The summed E-state index contributed by atoms with van der Waals surface area (Å²) in [5.41, 5.74) is 2.94. The molecular weight excluding hydrogens is 476 g/mol. The number of halogens is 1. The van der Waals surface area contributed by atoms with Crippen LogP contribution >= 0.6 is 11.6 Å². The van der Waals surface area contributed by atoms with E-state index in [2.05, 4.69) is 40.7 Å². The first-order chi connectivity index (χ1) is 17.6. The van der Waals surface area contributed by atoms with Crippen molar-refractivity contribution in [3.8, 4) is 0 Å². The SMILES string of the molecule is CC(C)CCC[C@H](C)[C@@H]1CC[C@@H]2[C@H]3CC=C4C[C@@H](OC(=O)c5cccc(Cl)c5)CC[C@]4(C)[C@@H]3CC[C@]21C. The highest BCUT2D eigenvalue weighted by Gasteiger charge is 2.59. The van der Waals surface area contributed by atoms with E-state index in [1.165, 1.54) is 51.4 Å². The second-order valence-corrected chi connectivity index (χ2v) is 14.5. The molecule has 1 aromatic carbocycles. The predicted molar refractivity (Wildman–Crippen MR) is 154 cm³/mol. The van der Waals surface area contributed by atoms with Gasteiger partial charge in [0, 0.05) is 11.4 Å². The molecule has 0 amide bonds. The van der Waals surface area contributed by atoms with Crippen LogP contribution in [0.5, 0.6) is 0 Å². The van der Waals surface area contributed by atoms with Crippen molar-refractivity contribution < 1.29 is 9.53 Å². The van der Waals surface area contributed by atoms with Crippen molar-refractivity contribution in [1.82, 2.24) is 0 Å². The molecule has 4 aliphatic carbocycles. The molecule has 0 saturated heterocycles. The van der Waals surface area contributed by atoms with Crippen LogP contribution in [0.15, 0.2) is 35.9 Å². The summed E-state index contributed by atoms with van der Waals surface area (Å²) in [6.07, 6.45) is 16.7. The Morgan fingerprint density at radius 3 is 2.62 bits per heavy atom. The number of hydrogen-bond acceptors (Lipinski definition) is 2. The normalized spacial score (nSPS) is 37.8. The van der Waals surface area contributed by atoms with E-state index in [1.54, 1.807) is 23.8 Å². The van der Waals surface area contributed by atoms with Crippen molar-refractivity contribution in [3.63, 3.8) is 0 Å². The zero-order valence-electron chi connectivity index (χ0n) is 23.9. The van der Waals surface area contributed by atoms with E-state index in [4.69, 9.17) is 16.3 Å². The Morgan fingerprint density at radius 2 is 1.86 bits per heavy atom. The van der Waals surface area contributed by atoms with E-state index in [0.29, 0.717) is 16.0 Å². The van der Waals surface area contributed by atoms with Crippen molar-refractivity contribution in [1.29, 1.82) is 0 Å². The quantitative estimate of drug-likeness (QED) is 0.262. The summed E-state index contributed by atoms with van der Waals surface area (Å²) in [6.45, 7) is 12.5. The molecule has 37 heavy (non-hydrogen) atoms. The van der Waals surface area contributed by atoms with Gasteiger partial charge < -0.3 is 4.74 Å². The standard InChI is InChI=1S/C34H49ClO2/c1-22(2)8-6-9-23(3)29-14-15-30-28-13-12-25-21-27(37-32(36)24-10-7-11-26(35)20-24)16-18-33(25,4)31(28)17-19-34(29,30)5/h7,10-12,20,22-23,27-31H,6,8-9,13-19,21H2,1-5H3/t23-,27-,28+,29-,30+,31+,33-,34-/m0/s1. The summed E-state index contributed by atoms with van der Waals surface area (Å²) in [5, 5.41) is 0.579. The lowest BCUT2D eigenvalue weighted by atomic mass is 9.47. The van der Waals surface area contributed by atoms with Crippen LogP contribution in [0.2, 0.25) is 5.02 Å². The highest BCUT2D eigenvalue weighted by molar-refractivity contribution is 6.30. The monoisotopic (exact) mass is 524 g/mol. The van der Waals surface area contributed by atoms with Crippen molar-refractivity contribution in [2.75, 3.05) is 0 Å². The molecule has 0 aliphatic heterocycles. The number of benzene rings is 1. The third-order valence-electron chi connectivity index (χ3n) is 11.6. The number of esters is 1. The number of ether oxygens (including phenoxy) is 1. The van der Waals surface area contributed by atoms with Crippen LogP contribution in [0.1, 0.15) is 116 Å². The molecule has 0 spiro atoms. The summed E-state index contributed by atoms with van der Waals surface area (Å²) in [4.78, 5) is 12.8. The Morgan fingerprint density at radius 1 is 1.05 bits per heavy atom. The van der Waals surface area contributed by atoms with Crippen LogP contribution < -0.4 is 0 Å². The summed E-state index contributed by atoms with van der Waals surface area (Å²) in [6, 6.07) is 7.12. The molecular formula is C34H49ClO2. The molecule has 2 nitrogen and oxygen atoms in total. The molecule has 4 aliphatic rings. The zero-order chi connectivity index (χ0) is 26.4. The zero-order valence-corrected chi connectivity index (χ0v) is 24.7. The molecule has 0 unspecified atom stereocenters. The molecule has 0 N–H and O–H groups in total. The predicted octanol–water partition coefficient (Wildman–Crippen LogP) is 9.91. The number of hydrogen-bond donors (Lipinski definition) is 0. The molecule has 0 aromatic heterocycles. The molecule has 0 bridgehead atoms. The van der Waals surface area contributed by atoms with Gasteiger partial charge in [-0.3, -0.25) is 0 Å². The summed E-state index contributed by atoms with van der Waals surface area (Å²) >= 11 is 6.10. The fraction of sp³-hybridized carbons (Fsp3) is 0.735. The van der Waals surface area contributed by atoms with Gasteiger partial charge in [-0.15, -0.1) is 0 Å². The Labute approximate surface area is 231 Å². The van der Waals surface area contributed by atoms with Gasteiger partial charge in [-0.05, 0) is 109 Å². The minimum atomic E-state index is -0.238. The molecule has 5 rings (SSSR count). The lowest BCUT2D eigenvalue weighted by Gasteiger charge is -2.58. The Balaban J connectivity index is 1.25. The topological polar surface area (TPSA) is 26.3 Å². The van der Waals surface area contributed by atoms with Crippen LogP contribution in [-0.4, -0.2) is 12.1 Å². The van der Waals surface area contributed by atoms with Gasteiger partial charge in [-0.2, -0.15) is 0 Å². The number of carbonyl (C=O) groups is 1. The Kier molecular flexibility index (Phi) is 7.90. The van der Waals surface area contributed by atoms with Gasteiger partial charge in [0.05, 0.1) is 5.56 Å². The third-order valence-corrected chi connectivity index (χ3v) is 11.8. The highest BCUT2D eigenvalue weighted by Crippen LogP contribution is 2.67. The number of carbonyl (C=O) groups excluding carboxylic acids is 1. The van der Waals surface area contributed by atoms with Crippen molar-refractivity contribution in [3.05, 3.63) is 46.5 Å². The van der Waals surface area contributed by atoms with Crippen molar-refractivity contribution in [2.45, 2.75) is 111 Å². The first-order valence-corrected chi connectivity index (χ1v) is 15.7. The van der Waals surface area contributed by atoms with Gasteiger partial charge >= 0.3 is 5.97 Å². The average molecular weight is 525 g/mol. The minimum absolute atomic E-state index is 0.0150. The van der Waals surface area contributed by atoms with Gasteiger partial charge in [0.2, 0.25) is 0 Å². The molecule has 8 atom stereocenters. The van der Waals surface area contributed by atoms with Crippen LogP contribution in [0.3, 0.4) is 0 Å². The second-order valence-electron chi connectivity index (χ2n) is 14.1. The number of rotatable bonds is 7. The molecule has 0 heterocycles. The van der Waals surface area contributed by atoms with Gasteiger partial charge in [0.15, 0.2) is 0 Å². The summed E-state index contributed by atoms with van der Waals surface area (Å²) in [5.74, 6) is 4.88. The lowest BCUT2D eigenvalue weighted by Crippen LogP contribution is -2.51. The maximum atomic E-state index is 12.8. The molecule has 3 saturated carbocycles. The molecule has 204 valence electrons. The lowest BCUT2D eigenvalue weighted by molar-refractivity contribution is -0.0594. The van der Waals surface area contributed by atoms with Gasteiger partial charge in [-0.1, -0.05) is 83.2 Å². The Bertz CT molecular complexity index is 1010. The first kappa shape index (κ1) is 27.3. The van der Waals surface area contributed by atoms with Crippen LogP contribution in [-0.2, 0) is 4.74 Å². The summed E-state index contributed by atoms with van der Waals surface area (Å²) in [7, 11) is 0. The van der Waals surface area contributed by atoms with E-state index in [1.807, 2.05) is 6.07 Å². The fourth-order valence-electron chi connectivity index (χ4n) is 9.59. The van der Waals surface area contributed by atoms with Crippen LogP contribution in [0.4, 0.5) is 0 Å². The summed E-state index contributed by atoms with van der Waals surface area (Å²) < 4.78 is 6.00. The van der Waals surface area contributed by atoms with E-state index < -0.39 is 0 Å². The second kappa shape index (κ2) is 10.7. The maximum absolute atomic E-state index is 12.8. The smallest absolute Gasteiger partial charge is 0.338 e. The maximum Gasteiger partial charge on any atom is 0.338 e. The largest absolute Gasteiger partial charge is 0.458 e.